The number of rotatable bonds is 7. The number of nitrogens with one attached hydrogen (secondary N) is 2. The van der Waals surface area contributed by atoms with Crippen molar-refractivity contribution in [2.75, 3.05) is 30.9 Å². The average molecular weight is 398 g/mol. The number of hydrogen-bond donors (Lipinski definition) is 3. The summed E-state index contributed by atoms with van der Waals surface area (Å²) < 4.78 is 6.56. The molecule has 0 spiro atoms. The van der Waals surface area contributed by atoms with Crippen molar-refractivity contribution < 1.29 is 4.74 Å². The van der Waals surface area contributed by atoms with E-state index in [4.69, 9.17) is 22.7 Å². The molecule has 27 heavy (non-hydrogen) atoms. The second kappa shape index (κ2) is 9.89. The maximum Gasteiger partial charge on any atom is 0.330 e. The van der Waals surface area contributed by atoms with Gasteiger partial charge in [0, 0.05) is 26.2 Å². The largest absolute Gasteiger partial charge is 0.383 e. The number of aromatic nitrogens is 2. The van der Waals surface area contributed by atoms with Crippen molar-refractivity contribution in [1.82, 2.24) is 14.9 Å². The van der Waals surface area contributed by atoms with Gasteiger partial charge in [-0.15, -0.1) is 0 Å². The highest BCUT2D eigenvalue weighted by molar-refractivity contribution is 7.80. The zero-order chi connectivity index (χ0) is 20.0. The second-order valence-electron chi connectivity index (χ2n) is 7.11. The van der Waals surface area contributed by atoms with Crippen molar-refractivity contribution in [2.24, 2.45) is 5.92 Å². The monoisotopic (exact) mass is 397 g/mol. The number of thiocarbonyl (C=S) groups is 1. The lowest BCUT2D eigenvalue weighted by molar-refractivity contribution is 0.207. The molecule has 1 fully saturated rings. The van der Waals surface area contributed by atoms with Gasteiger partial charge >= 0.3 is 5.69 Å². The number of ether oxygens (including phenoxy) is 1. The van der Waals surface area contributed by atoms with Gasteiger partial charge in [-0.1, -0.05) is 26.7 Å². The Balaban J connectivity index is 2.38. The van der Waals surface area contributed by atoms with Gasteiger partial charge in [-0.25, -0.2) is 4.79 Å². The van der Waals surface area contributed by atoms with Crippen LogP contribution in [0.1, 0.15) is 46.0 Å². The van der Waals surface area contributed by atoms with E-state index in [-0.39, 0.29) is 17.5 Å². The molecule has 0 bridgehead atoms. The predicted octanol–water partition coefficient (Wildman–Crippen LogP) is 1.43. The number of nitrogens with two attached hydrogens (primary N) is 1. The van der Waals surface area contributed by atoms with E-state index in [1.165, 1.54) is 11.0 Å². The van der Waals surface area contributed by atoms with Crippen LogP contribution in [0.2, 0.25) is 0 Å². The summed E-state index contributed by atoms with van der Waals surface area (Å²) in [6.07, 6.45) is 5.31. The third kappa shape index (κ3) is 5.10. The van der Waals surface area contributed by atoms with Crippen LogP contribution < -0.4 is 27.2 Å². The maximum atomic E-state index is 12.6. The lowest BCUT2D eigenvalue weighted by Crippen LogP contribution is -2.51. The zero-order valence-electron chi connectivity index (χ0n) is 16.4. The number of nitrogen functional groups attached to an aromatic ring is 1. The minimum atomic E-state index is -0.540. The first kappa shape index (κ1) is 21.4. The third-order valence-electron chi connectivity index (χ3n) is 5.12. The summed E-state index contributed by atoms with van der Waals surface area (Å²) in [4.78, 5) is 28.7. The van der Waals surface area contributed by atoms with Gasteiger partial charge in [0.15, 0.2) is 10.8 Å². The highest BCUT2D eigenvalue weighted by atomic mass is 32.1. The number of nitrogens with zero attached hydrogens (tertiary/aromatic N) is 2. The topological polar surface area (TPSA) is 105 Å². The van der Waals surface area contributed by atoms with Crippen LogP contribution in [-0.4, -0.2) is 41.0 Å². The molecule has 1 aliphatic carbocycles. The summed E-state index contributed by atoms with van der Waals surface area (Å²) >= 11 is 5.63. The molecule has 0 aromatic carbocycles. The molecule has 1 aliphatic rings. The Bertz CT molecular complexity index is 760. The molecule has 0 aliphatic heterocycles. The van der Waals surface area contributed by atoms with Crippen LogP contribution >= 0.6 is 12.2 Å². The summed E-state index contributed by atoms with van der Waals surface area (Å²) in [6.45, 7) is 5.30. The van der Waals surface area contributed by atoms with Crippen LogP contribution in [0.25, 0.3) is 0 Å². The normalized spacial score (nSPS) is 19.7. The molecule has 9 heteroatoms. The lowest BCUT2D eigenvalue weighted by atomic mass is 9.86. The summed E-state index contributed by atoms with van der Waals surface area (Å²) in [6, 6.07) is 0.262. The summed E-state index contributed by atoms with van der Waals surface area (Å²) in [5.74, 6) is 0.633. The third-order valence-corrected chi connectivity index (χ3v) is 5.45. The minimum Gasteiger partial charge on any atom is -0.383 e. The highest BCUT2D eigenvalue weighted by Crippen LogP contribution is 2.24. The Morgan fingerprint density at radius 2 is 2.11 bits per heavy atom. The molecule has 1 heterocycles. The van der Waals surface area contributed by atoms with Crippen LogP contribution in [0.3, 0.4) is 0 Å². The van der Waals surface area contributed by atoms with E-state index in [1.54, 1.807) is 12.0 Å². The van der Waals surface area contributed by atoms with Crippen LogP contribution in [0.15, 0.2) is 9.59 Å². The van der Waals surface area contributed by atoms with Crippen molar-refractivity contribution in [3.05, 3.63) is 20.8 Å². The minimum absolute atomic E-state index is 0.127. The van der Waals surface area contributed by atoms with Gasteiger partial charge in [-0.3, -0.25) is 14.3 Å². The molecule has 1 aromatic heterocycles. The van der Waals surface area contributed by atoms with E-state index in [0.717, 1.165) is 25.7 Å². The Hall–Kier alpha value is -1.87. The predicted molar refractivity (Wildman–Crippen MR) is 112 cm³/mol. The SMILES string of the molecule is CCCn1c(N)c(N(CCOC)C(=S)N[C@H]2CCCC[C@H]2C)c(=O)[nH]c1=O. The van der Waals surface area contributed by atoms with Gasteiger partial charge < -0.3 is 20.7 Å². The second-order valence-corrected chi connectivity index (χ2v) is 7.49. The summed E-state index contributed by atoms with van der Waals surface area (Å²) in [5.41, 5.74) is 5.37. The van der Waals surface area contributed by atoms with E-state index in [1.807, 2.05) is 6.92 Å². The van der Waals surface area contributed by atoms with E-state index in [0.29, 0.717) is 30.7 Å². The lowest BCUT2D eigenvalue weighted by Gasteiger charge is -2.34. The molecule has 2 rings (SSSR count). The molecular formula is C18H31N5O3S. The van der Waals surface area contributed by atoms with Crippen molar-refractivity contribution in [2.45, 2.75) is 58.5 Å². The van der Waals surface area contributed by atoms with Crippen molar-refractivity contribution in [1.29, 1.82) is 0 Å². The fraction of sp³-hybridized carbons (Fsp3) is 0.722. The van der Waals surface area contributed by atoms with Crippen molar-refractivity contribution in [3.63, 3.8) is 0 Å². The Kier molecular flexibility index (Phi) is 7.85. The molecule has 1 saturated carbocycles. The number of hydrogen-bond acceptors (Lipinski definition) is 5. The van der Waals surface area contributed by atoms with E-state index < -0.39 is 11.2 Å². The van der Waals surface area contributed by atoms with Crippen molar-refractivity contribution >= 4 is 28.8 Å². The van der Waals surface area contributed by atoms with Crippen LogP contribution in [-0.2, 0) is 11.3 Å². The van der Waals surface area contributed by atoms with Gasteiger partial charge in [-0.05, 0) is 37.4 Å². The molecule has 2 atom stereocenters. The Labute approximate surface area is 165 Å². The van der Waals surface area contributed by atoms with Gasteiger partial charge in [0.2, 0.25) is 0 Å². The molecule has 0 amide bonds. The molecule has 8 nitrogen and oxygen atoms in total. The number of methoxy groups -OCH3 is 1. The van der Waals surface area contributed by atoms with E-state index in [9.17, 15) is 9.59 Å². The van der Waals surface area contributed by atoms with Crippen molar-refractivity contribution in [3.8, 4) is 0 Å². The quantitative estimate of drug-likeness (QED) is 0.598. The van der Waals surface area contributed by atoms with Crippen LogP contribution in [0, 0.1) is 5.92 Å². The molecule has 4 N–H and O–H groups in total. The Morgan fingerprint density at radius 3 is 2.74 bits per heavy atom. The summed E-state index contributed by atoms with van der Waals surface area (Å²) in [7, 11) is 1.59. The Morgan fingerprint density at radius 1 is 1.41 bits per heavy atom. The first-order valence-electron chi connectivity index (χ1n) is 9.60. The first-order valence-corrected chi connectivity index (χ1v) is 10.0. The standard InChI is InChI=1S/C18H31N5O3S/c1-4-9-23-15(19)14(16(24)21-17(23)25)22(10-11-26-3)18(27)20-13-8-6-5-7-12(13)2/h12-13H,4-11,19H2,1-3H3,(H,20,27)(H,21,24,25)/t12-,13+/m1/s1. The summed E-state index contributed by atoms with van der Waals surface area (Å²) in [5, 5.41) is 3.84. The smallest absolute Gasteiger partial charge is 0.330 e. The fourth-order valence-corrected chi connectivity index (χ4v) is 3.88. The van der Waals surface area contributed by atoms with E-state index in [2.05, 4.69) is 17.2 Å². The van der Waals surface area contributed by atoms with Gasteiger partial charge in [0.05, 0.1) is 6.61 Å². The van der Waals surface area contributed by atoms with Crippen LogP contribution in [0.5, 0.6) is 0 Å². The number of anilines is 2. The number of H-pyrrole nitrogens is 1. The fourth-order valence-electron chi connectivity index (χ4n) is 3.55. The molecule has 0 saturated heterocycles. The first-order chi connectivity index (χ1) is 12.9. The van der Waals surface area contributed by atoms with Gasteiger partial charge in [0.1, 0.15) is 5.82 Å². The highest BCUT2D eigenvalue weighted by Gasteiger charge is 2.26. The molecular weight excluding hydrogens is 366 g/mol. The molecule has 152 valence electrons. The van der Waals surface area contributed by atoms with Crippen LogP contribution in [0.4, 0.5) is 11.5 Å². The maximum absolute atomic E-state index is 12.6. The van der Waals surface area contributed by atoms with Gasteiger partial charge in [-0.2, -0.15) is 0 Å². The average Bonchev–Trinajstić information content (AvgIpc) is 2.63. The molecule has 0 unspecified atom stereocenters. The van der Waals surface area contributed by atoms with Gasteiger partial charge in [0.25, 0.3) is 5.56 Å². The molecule has 0 radical (unpaired) electrons. The zero-order valence-corrected chi connectivity index (χ0v) is 17.2. The molecule has 1 aromatic rings. The van der Waals surface area contributed by atoms with E-state index >= 15 is 0 Å². The number of aromatic amines is 1.